The molecular weight excluding hydrogens is 292 g/mol. The highest BCUT2D eigenvalue weighted by Gasteiger charge is 2.31. The maximum absolute atomic E-state index is 12.1. The van der Waals surface area contributed by atoms with E-state index < -0.39 is 0 Å². The van der Waals surface area contributed by atoms with E-state index in [4.69, 9.17) is 11.6 Å². The molecule has 6 nitrogen and oxygen atoms in total. The Hall–Kier alpha value is -2.34. The van der Waals surface area contributed by atoms with Crippen molar-refractivity contribution in [2.45, 2.75) is 12.5 Å². The highest BCUT2D eigenvalue weighted by Crippen LogP contribution is 2.23. The number of hydrogen-bond acceptors (Lipinski definition) is 3. The molecule has 108 valence electrons. The van der Waals surface area contributed by atoms with Crippen molar-refractivity contribution in [2.75, 3.05) is 11.4 Å². The average Bonchev–Trinajstić information content (AvgIpc) is 3.10. The Morgan fingerprint density at radius 3 is 2.81 bits per heavy atom. The Balaban J connectivity index is 1.67. The molecule has 2 heterocycles. The van der Waals surface area contributed by atoms with E-state index >= 15 is 0 Å². The van der Waals surface area contributed by atoms with Gasteiger partial charge in [0.25, 0.3) is 5.91 Å². The first kappa shape index (κ1) is 13.6. The van der Waals surface area contributed by atoms with Crippen LogP contribution in [0.3, 0.4) is 0 Å². The lowest BCUT2D eigenvalue weighted by atomic mass is 10.2. The van der Waals surface area contributed by atoms with Crippen LogP contribution in [0, 0.1) is 0 Å². The number of carbonyl (C=O) groups is 2. The molecule has 2 aromatic rings. The summed E-state index contributed by atoms with van der Waals surface area (Å²) >= 11 is 5.84. The molecule has 1 aliphatic rings. The summed E-state index contributed by atoms with van der Waals surface area (Å²) in [6, 6.07) is 6.85. The van der Waals surface area contributed by atoms with Crippen LogP contribution in [0.25, 0.3) is 0 Å². The average molecular weight is 305 g/mol. The number of nitrogens with zero attached hydrogens (tertiary/aromatic N) is 2. The number of amides is 2. The summed E-state index contributed by atoms with van der Waals surface area (Å²) in [5.74, 6) is -0.255. The zero-order valence-electron chi connectivity index (χ0n) is 11.0. The topological polar surface area (TPSA) is 78.1 Å². The smallest absolute Gasteiger partial charge is 0.254 e. The van der Waals surface area contributed by atoms with Crippen molar-refractivity contribution < 1.29 is 9.59 Å². The van der Waals surface area contributed by atoms with Crippen molar-refractivity contribution in [3.63, 3.8) is 0 Å². The van der Waals surface area contributed by atoms with Gasteiger partial charge in [0.05, 0.1) is 17.8 Å². The molecule has 1 aromatic heterocycles. The van der Waals surface area contributed by atoms with E-state index in [-0.39, 0.29) is 24.3 Å². The van der Waals surface area contributed by atoms with Crippen molar-refractivity contribution in [1.82, 2.24) is 15.5 Å². The third kappa shape index (κ3) is 2.90. The van der Waals surface area contributed by atoms with Gasteiger partial charge in [-0.1, -0.05) is 11.6 Å². The zero-order chi connectivity index (χ0) is 14.8. The fourth-order valence-electron chi connectivity index (χ4n) is 2.32. The number of anilines is 1. The highest BCUT2D eigenvalue weighted by molar-refractivity contribution is 6.30. The van der Waals surface area contributed by atoms with Gasteiger partial charge in [0, 0.05) is 29.9 Å². The lowest BCUT2D eigenvalue weighted by Gasteiger charge is -2.17. The predicted octanol–water partition coefficient (Wildman–Crippen LogP) is 1.60. The number of halogens is 1. The van der Waals surface area contributed by atoms with E-state index in [1.807, 2.05) is 0 Å². The molecule has 0 radical (unpaired) electrons. The quantitative estimate of drug-likeness (QED) is 0.904. The van der Waals surface area contributed by atoms with Gasteiger partial charge >= 0.3 is 0 Å². The number of benzene rings is 1. The van der Waals surface area contributed by atoms with E-state index in [1.54, 1.807) is 29.2 Å². The number of hydrogen-bond donors (Lipinski definition) is 2. The van der Waals surface area contributed by atoms with Crippen molar-refractivity contribution in [3.05, 3.63) is 47.2 Å². The minimum atomic E-state index is -0.237. The lowest BCUT2D eigenvalue weighted by Crippen LogP contribution is -2.37. The van der Waals surface area contributed by atoms with Gasteiger partial charge < -0.3 is 10.2 Å². The van der Waals surface area contributed by atoms with Crippen LogP contribution in [0.4, 0.5) is 5.69 Å². The highest BCUT2D eigenvalue weighted by atomic mass is 35.5. The largest absolute Gasteiger partial charge is 0.347 e. The Kier molecular flexibility index (Phi) is 3.62. The van der Waals surface area contributed by atoms with Crippen molar-refractivity contribution in [2.24, 2.45) is 0 Å². The number of H-pyrrole nitrogens is 1. The van der Waals surface area contributed by atoms with Crippen molar-refractivity contribution in [3.8, 4) is 0 Å². The van der Waals surface area contributed by atoms with Gasteiger partial charge in [-0.25, -0.2) is 0 Å². The van der Waals surface area contributed by atoms with Crippen LogP contribution in [-0.4, -0.2) is 34.6 Å². The number of aromatic nitrogens is 2. The fourth-order valence-corrected chi connectivity index (χ4v) is 2.44. The van der Waals surface area contributed by atoms with Gasteiger partial charge in [0.15, 0.2) is 0 Å². The van der Waals surface area contributed by atoms with Crippen LogP contribution >= 0.6 is 11.6 Å². The van der Waals surface area contributed by atoms with E-state index in [2.05, 4.69) is 15.5 Å². The van der Waals surface area contributed by atoms with Gasteiger partial charge in [0.2, 0.25) is 5.91 Å². The maximum atomic E-state index is 12.1. The van der Waals surface area contributed by atoms with Crippen LogP contribution in [0.1, 0.15) is 16.8 Å². The number of rotatable bonds is 3. The molecule has 0 bridgehead atoms. The molecule has 0 saturated carbocycles. The molecule has 1 atom stereocenters. The summed E-state index contributed by atoms with van der Waals surface area (Å²) < 4.78 is 0. The second kappa shape index (κ2) is 5.57. The van der Waals surface area contributed by atoms with Gasteiger partial charge in [-0.05, 0) is 24.3 Å². The molecule has 21 heavy (non-hydrogen) atoms. The molecule has 2 N–H and O–H groups in total. The number of aromatic amines is 1. The minimum absolute atomic E-state index is 0.0187. The van der Waals surface area contributed by atoms with Crippen LogP contribution in [-0.2, 0) is 4.79 Å². The fraction of sp³-hybridized carbons (Fsp3) is 0.214. The summed E-state index contributed by atoms with van der Waals surface area (Å²) in [7, 11) is 0. The SMILES string of the molecule is O=C(N[C@H]1CC(=O)N(c2ccc(Cl)cc2)C1)c1cn[nH]c1. The van der Waals surface area contributed by atoms with Gasteiger partial charge in [-0.3, -0.25) is 14.7 Å². The summed E-state index contributed by atoms with van der Waals surface area (Å²) in [4.78, 5) is 25.6. The van der Waals surface area contributed by atoms with Gasteiger partial charge in [-0.2, -0.15) is 5.10 Å². The molecule has 2 amide bonds. The van der Waals surface area contributed by atoms with E-state index in [9.17, 15) is 9.59 Å². The van der Waals surface area contributed by atoms with Gasteiger partial charge in [-0.15, -0.1) is 0 Å². The van der Waals surface area contributed by atoms with Crippen LogP contribution < -0.4 is 10.2 Å². The monoisotopic (exact) mass is 304 g/mol. The first-order valence-corrected chi connectivity index (χ1v) is 6.87. The Morgan fingerprint density at radius 1 is 1.38 bits per heavy atom. The third-order valence-electron chi connectivity index (χ3n) is 3.36. The summed E-state index contributed by atoms with van der Waals surface area (Å²) in [6.45, 7) is 0.448. The minimum Gasteiger partial charge on any atom is -0.347 e. The zero-order valence-corrected chi connectivity index (χ0v) is 11.8. The van der Waals surface area contributed by atoms with Crippen LogP contribution in [0.2, 0.25) is 5.02 Å². The number of nitrogens with one attached hydrogen (secondary N) is 2. The Labute approximate surface area is 126 Å². The molecule has 0 unspecified atom stereocenters. The molecule has 1 saturated heterocycles. The number of carbonyl (C=O) groups excluding carboxylic acids is 2. The lowest BCUT2D eigenvalue weighted by molar-refractivity contribution is -0.117. The van der Waals surface area contributed by atoms with E-state index in [1.165, 1.54) is 12.4 Å². The van der Waals surface area contributed by atoms with E-state index in [0.29, 0.717) is 17.1 Å². The molecule has 0 aliphatic carbocycles. The van der Waals surface area contributed by atoms with Crippen molar-refractivity contribution >= 4 is 29.1 Å². The first-order chi connectivity index (χ1) is 10.1. The molecule has 1 aliphatic heterocycles. The second-order valence-corrected chi connectivity index (χ2v) is 5.28. The maximum Gasteiger partial charge on any atom is 0.254 e. The first-order valence-electron chi connectivity index (χ1n) is 6.49. The molecule has 3 rings (SSSR count). The molecule has 1 aromatic carbocycles. The molecular formula is C14H13ClN4O2. The van der Waals surface area contributed by atoms with Crippen LogP contribution in [0.5, 0.6) is 0 Å². The standard InChI is InChI=1S/C14H13ClN4O2/c15-10-1-3-12(4-2-10)19-8-11(5-13(19)20)18-14(21)9-6-16-17-7-9/h1-4,6-7,11H,5,8H2,(H,16,17)(H,18,21)/t11-/m0/s1. The molecule has 1 fully saturated rings. The second-order valence-electron chi connectivity index (χ2n) is 4.84. The summed E-state index contributed by atoms with van der Waals surface area (Å²) in [5.41, 5.74) is 1.23. The molecule has 7 heteroatoms. The van der Waals surface area contributed by atoms with Crippen LogP contribution in [0.15, 0.2) is 36.7 Å². The normalized spacial score (nSPS) is 18.0. The Bertz CT molecular complexity index is 654. The summed E-state index contributed by atoms with van der Waals surface area (Å²) in [6.07, 6.45) is 3.25. The predicted molar refractivity (Wildman–Crippen MR) is 78.3 cm³/mol. The molecule has 0 spiro atoms. The summed E-state index contributed by atoms with van der Waals surface area (Å²) in [5, 5.41) is 9.77. The van der Waals surface area contributed by atoms with Crippen molar-refractivity contribution in [1.29, 1.82) is 0 Å². The van der Waals surface area contributed by atoms with E-state index in [0.717, 1.165) is 5.69 Å². The third-order valence-corrected chi connectivity index (χ3v) is 3.61. The van der Waals surface area contributed by atoms with Gasteiger partial charge in [0.1, 0.15) is 0 Å². The Morgan fingerprint density at radius 2 is 2.14 bits per heavy atom.